The summed E-state index contributed by atoms with van der Waals surface area (Å²) in [6.45, 7) is 6.61. The van der Waals surface area contributed by atoms with Gasteiger partial charge in [0.2, 0.25) is 0 Å². The van der Waals surface area contributed by atoms with Gasteiger partial charge in [0.25, 0.3) is 0 Å². The fraction of sp³-hybridized carbons (Fsp3) is 0.458. The number of nitrogens with zero attached hydrogens (tertiary/aromatic N) is 3. The Labute approximate surface area is 167 Å². The molecule has 2 saturated carbocycles. The van der Waals surface area contributed by atoms with Crippen molar-refractivity contribution < 1.29 is 4.74 Å². The van der Waals surface area contributed by atoms with E-state index in [1.807, 2.05) is 6.07 Å². The van der Waals surface area contributed by atoms with E-state index >= 15 is 0 Å². The van der Waals surface area contributed by atoms with Gasteiger partial charge in [-0.3, -0.25) is 0 Å². The van der Waals surface area contributed by atoms with E-state index in [1.165, 1.54) is 59.3 Å². The standard InChI is InChI=1S/C24H29N3O/c1-5-21-24(26(17-7-8-17)18-9-10-18)23-15(2)6-13-22(27(23)25-21)20-12-11-19(28-4)14-16(20)3/h6,11-14,17-18H,5,7-10H2,1-4H3. The first-order valence-corrected chi connectivity index (χ1v) is 10.6. The molecule has 5 rings (SSSR count). The van der Waals surface area contributed by atoms with Gasteiger partial charge in [0, 0.05) is 17.6 Å². The highest BCUT2D eigenvalue weighted by Gasteiger charge is 2.41. The molecule has 4 nitrogen and oxygen atoms in total. The Morgan fingerprint density at radius 1 is 1.04 bits per heavy atom. The fourth-order valence-electron chi connectivity index (χ4n) is 4.47. The van der Waals surface area contributed by atoms with Gasteiger partial charge in [0.05, 0.1) is 29.7 Å². The van der Waals surface area contributed by atoms with Crippen LogP contribution in [0.1, 0.15) is 49.4 Å². The molecule has 0 unspecified atom stereocenters. The number of methoxy groups -OCH3 is 1. The van der Waals surface area contributed by atoms with Crippen LogP contribution < -0.4 is 9.64 Å². The monoisotopic (exact) mass is 375 g/mol. The van der Waals surface area contributed by atoms with Gasteiger partial charge in [-0.05, 0) is 81.3 Å². The highest BCUT2D eigenvalue weighted by molar-refractivity contribution is 5.83. The van der Waals surface area contributed by atoms with Crippen molar-refractivity contribution in [3.63, 3.8) is 0 Å². The summed E-state index contributed by atoms with van der Waals surface area (Å²) in [6.07, 6.45) is 6.27. The number of rotatable bonds is 6. The first-order valence-electron chi connectivity index (χ1n) is 10.6. The molecule has 1 aromatic carbocycles. The molecule has 28 heavy (non-hydrogen) atoms. The van der Waals surface area contributed by atoms with E-state index in [2.05, 4.69) is 54.5 Å². The second-order valence-electron chi connectivity index (χ2n) is 8.36. The second-order valence-corrected chi connectivity index (χ2v) is 8.36. The van der Waals surface area contributed by atoms with Gasteiger partial charge in [-0.1, -0.05) is 13.0 Å². The van der Waals surface area contributed by atoms with Crippen LogP contribution in [0.5, 0.6) is 5.75 Å². The van der Waals surface area contributed by atoms with Crippen LogP contribution in [0.4, 0.5) is 5.69 Å². The third-order valence-corrected chi connectivity index (χ3v) is 6.21. The first kappa shape index (κ1) is 17.6. The summed E-state index contributed by atoms with van der Waals surface area (Å²) >= 11 is 0. The molecule has 0 saturated heterocycles. The Bertz CT molecular complexity index is 1030. The van der Waals surface area contributed by atoms with E-state index in [4.69, 9.17) is 9.84 Å². The van der Waals surface area contributed by atoms with E-state index in [0.29, 0.717) is 0 Å². The lowest BCUT2D eigenvalue weighted by molar-refractivity contribution is 0.414. The van der Waals surface area contributed by atoms with Crippen molar-refractivity contribution in [2.75, 3.05) is 12.0 Å². The van der Waals surface area contributed by atoms with Crippen LogP contribution in [0.15, 0.2) is 30.3 Å². The summed E-state index contributed by atoms with van der Waals surface area (Å²) in [7, 11) is 1.72. The molecule has 2 fully saturated rings. The quantitative estimate of drug-likeness (QED) is 0.584. The van der Waals surface area contributed by atoms with Gasteiger partial charge < -0.3 is 9.64 Å². The van der Waals surface area contributed by atoms with E-state index in [0.717, 1.165) is 29.9 Å². The van der Waals surface area contributed by atoms with E-state index in [1.54, 1.807) is 7.11 Å². The summed E-state index contributed by atoms with van der Waals surface area (Å²) in [5.41, 5.74) is 8.83. The van der Waals surface area contributed by atoms with Gasteiger partial charge in [-0.2, -0.15) is 5.10 Å². The maximum absolute atomic E-state index is 5.40. The lowest BCUT2D eigenvalue weighted by Gasteiger charge is -2.25. The molecule has 0 N–H and O–H groups in total. The molecule has 2 aliphatic rings. The van der Waals surface area contributed by atoms with Crippen molar-refractivity contribution >= 4 is 11.2 Å². The van der Waals surface area contributed by atoms with E-state index in [9.17, 15) is 0 Å². The zero-order valence-corrected chi connectivity index (χ0v) is 17.3. The predicted molar refractivity (Wildman–Crippen MR) is 115 cm³/mol. The number of hydrogen-bond donors (Lipinski definition) is 0. The molecule has 3 aromatic rings. The van der Waals surface area contributed by atoms with Crippen LogP contribution >= 0.6 is 0 Å². The Morgan fingerprint density at radius 2 is 1.75 bits per heavy atom. The minimum Gasteiger partial charge on any atom is -0.497 e. The molecular weight excluding hydrogens is 346 g/mol. The summed E-state index contributed by atoms with van der Waals surface area (Å²) < 4.78 is 7.61. The second kappa shape index (κ2) is 6.54. The Kier molecular flexibility index (Phi) is 4.11. The van der Waals surface area contributed by atoms with Gasteiger partial charge in [-0.15, -0.1) is 0 Å². The van der Waals surface area contributed by atoms with Gasteiger partial charge in [0.1, 0.15) is 5.75 Å². The van der Waals surface area contributed by atoms with Crippen LogP contribution in [-0.2, 0) is 6.42 Å². The van der Waals surface area contributed by atoms with E-state index in [-0.39, 0.29) is 0 Å². The normalized spacial score (nSPS) is 16.6. The zero-order valence-electron chi connectivity index (χ0n) is 17.3. The van der Waals surface area contributed by atoms with Crippen molar-refractivity contribution in [1.82, 2.24) is 9.61 Å². The van der Waals surface area contributed by atoms with Gasteiger partial charge in [-0.25, -0.2) is 4.52 Å². The summed E-state index contributed by atoms with van der Waals surface area (Å²) in [4.78, 5) is 2.72. The highest BCUT2D eigenvalue weighted by Crippen LogP contribution is 2.45. The molecule has 0 radical (unpaired) electrons. The number of pyridine rings is 1. The minimum absolute atomic E-state index is 0.719. The summed E-state index contributed by atoms with van der Waals surface area (Å²) in [5, 5.41) is 5.14. The lowest BCUT2D eigenvalue weighted by Crippen LogP contribution is -2.28. The molecule has 0 spiro atoms. The smallest absolute Gasteiger partial charge is 0.119 e. The van der Waals surface area contributed by atoms with Crippen molar-refractivity contribution in [1.29, 1.82) is 0 Å². The molecule has 0 atom stereocenters. The third kappa shape index (κ3) is 2.78. The topological polar surface area (TPSA) is 29.8 Å². The Hall–Kier alpha value is -2.49. The van der Waals surface area contributed by atoms with E-state index < -0.39 is 0 Å². The average Bonchev–Trinajstić information content (AvgIpc) is 3.62. The van der Waals surface area contributed by atoms with Crippen molar-refractivity contribution in [2.45, 2.75) is 65.0 Å². The Morgan fingerprint density at radius 3 is 2.32 bits per heavy atom. The van der Waals surface area contributed by atoms with Crippen LogP contribution in [0.25, 0.3) is 16.8 Å². The number of benzene rings is 1. The Balaban J connectivity index is 1.74. The lowest BCUT2D eigenvalue weighted by atomic mass is 10.0. The minimum atomic E-state index is 0.719. The highest BCUT2D eigenvalue weighted by atomic mass is 16.5. The van der Waals surface area contributed by atoms with Gasteiger partial charge >= 0.3 is 0 Å². The number of hydrogen-bond acceptors (Lipinski definition) is 3. The number of anilines is 1. The maximum atomic E-state index is 5.40. The molecule has 2 aromatic heterocycles. The van der Waals surface area contributed by atoms with Crippen LogP contribution in [0, 0.1) is 13.8 Å². The van der Waals surface area contributed by atoms with Crippen LogP contribution in [-0.4, -0.2) is 28.8 Å². The SMILES string of the molecule is CCc1nn2c(-c3ccc(OC)cc3C)ccc(C)c2c1N(C1CC1)C1CC1. The summed E-state index contributed by atoms with van der Waals surface area (Å²) in [6, 6.07) is 12.2. The summed E-state index contributed by atoms with van der Waals surface area (Å²) in [5.74, 6) is 0.897. The van der Waals surface area contributed by atoms with Crippen molar-refractivity contribution in [2.24, 2.45) is 0 Å². The van der Waals surface area contributed by atoms with Crippen molar-refractivity contribution in [3.8, 4) is 17.0 Å². The first-order chi connectivity index (χ1) is 13.6. The molecular formula is C24H29N3O. The van der Waals surface area contributed by atoms with Gasteiger partial charge in [0.15, 0.2) is 0 Å². The number of aromatic nitrogens is 2. The number of fused-ring (bicyclic) bond motifs is 1. The molecule has 0 aliphatic heterocycles. The number of aryl methyl sites for hydroxylation is 3. The third-order valence-electron chi connectivity index (χ3n) is 6.21. The molecule has 4 heteroatoms. The molecule has 2 aliphatic carbocycles. The zero-order chi connectivity index (χ0) is 19.4. The molecule has 2 heterocycles. The molecule has 0 amide bonds. The fourth-order valence-corrected chi connectivity index (χ4v) is 4.47. The van der Waals surface area contributed by atoms with Crippen molar-refractivity contribution in [3.05, 3.63) is 47.2 Å². The molecule has 146 valence electrons. The largest absolute Gasteiger partial charge is 0.497 e. The predicted octanol–water partition coefficient (Wildman–Crippen LogP) is 5.32. The maximum Gasteiger partial charge on any atom is 0.119 e. The molecule has 0 bridgehead atoms. The number of ether oxygens (including phenoxy) is 1. The average molecular weight is 376 g/mol. The van der Waals surface area contributed by atoms with Crippen LogP contribution in [0.3, 0.4) is 0 Å². The van der Waals surface area contributed by atoms with Crippen LogP contribution in [0.2, 0.25) is 0 Å².